The summed E-state index contributed by atoms with van der Waals surface area (Å²) in [5.41, 5.74) is 3.50. The summed E-state index contributed by atoms with van der Waals surface area (Å²) < 4.78 is 0. The van der Waals surface area contributed by atoms with E-state index in [-0.39, 0.29) is 0 Å². The molecule has 0 amide bonds. The maximum atomic E-state index is 4.63. The Labute approximate surface area is 135 Å². The Kier molecular flexibility index (Phi) is 3.60. The zero-order chi connectivity index (χ0) is 15.5. The number of fused-ring (bicyclic) bond motifs is 1. The summed E-state index contributed by atoms with van der Waals surface area (Å²) in [6.45, 7) is 0.910. The van der Waals surface area contributed by atoms with E-state index in [0.29, 0.717) is 11.8 Å². The molecule has 0 spiro atoms. The van der Waals surface area contributed by atoms with E-state index in [1.54, 1.807) is 6.20 Å². The van der Waals surface area contributed by atoms with Crippen molar-refractivity contribution in [2.75, 3.05) is 16.8 Å². The minimum atomic E-state index is 0.637. The molecule has 4 rings (SSSR count). The second-order valence-electron chi connectivity index (χ2n) is 5.52. The van der Waals surface area contributed by atoms with Crippen LogP contribution in [0.4, 0.5) is 23.1 Å². The van der Waals surface area contributed by atoms with Gasteiger partial charge >= 0.3 is 0 Å². The van der Waals surface area contributed by atoms with E-state index in [2.05, 4.69) is 49.7 Å². The number of para-hydroxylation sites is 2. The van der Waals surface area contributed by atoms with Crippen LogP contribution < -0.4 is 10.2 Å². The summed E-state index contributed by atoms with van der Waals surface area (Å²) in [5.74, 6) is 1.34. The van der Waals surface area contributed by atoms with Crippen molar-refractivity contribution in [2.24, 2.45) is 0 Å². The van der Waals surface area contributed by atoms with Gasteiger partial charge in [-0.05, 0) is 36.6 Å². The highest BCUT2D eigenvalue weighted by atomic mass is 15.3. The Morgan fingerprint density at radius 2 is 1.78 bits per heavy atom. The molecule has 1 aliphatic rings. The van der Waals surface area contributed by atoms with Gasteiger partial charge in [-0.25, -0.2) is 0 Å². The Balaban J connectivity index is 1.65. The number of aryl methyl sites for hydroxylation is 1. The fourth-order valence-electron chi connectivity index (χ4n) is 2.88. The fraction of sp³-hybridized carbons (Fsp3) is 0.167. The van der Waals surface area contributed by atoms with Gasteiger partial charge in [-0.15, -0.1) is 5.10 Å². The SMILES string of the molecule is c1ccc(Nc2cnnc(N3CCCc4ccccc43)n2)cc1. The molecular weight excluding hydrogens is 286 g/mol. The third-order valence-corrected chi connectivity index (χ3v) is 3.95. The number of aromatic nitrogens is 3. The quantitative estimate of drug-likeness (QED) is 0.799. The van der Waals surface area contributed by atoms with Crippen molar-refractivity contribution in [2.45, 2.75) is 12.8 Å². The molecular formula is C18H17N5. The molecule has 5 nitrogen and oxygen atoms in total. The number of anilines is 4. The summed E-state index contributed by atoms with van der Waals surface area (Å²) in [6.07, 6.45) is 3.84. The van der Waals surface area contributed by atoms with Gasteiger partial charge in [-0.2, -0.15) is 10.1 Å². The lowest BCUT2D eigenvalue weighted by molar-refractivity contribution is 0.742. The van der Waals surface area contributed by atoms with Crippen molar-refractivity contribution in [1.29, 1.82) is 0 Å². The molecule has 114 valence electrons. The molecule has 1 aliphatic heterocycles. The minimum Gasteiger partial charge on any atom is -0.339 e. The first-order valence-corrected chi connectivity index (χ1v) is 7.77. The van der Waals surface area contributed by atoms with Crippen molar-refractivity contribution in [1.82, 2.24) is 15.2 Å². The Morgan fingerprint density at radius 1 is 0.957 bits per heavy atom. The van der Waals surface area contributed by atoms with Crippen molar-refractivity contribution >= 4 is 23.1 Å². The molecule has 0 saturated heterocycles. The van der Waals surface area contributed by atoms with Gasteiger partial charge in [0.25, 0.3) is 5.95 Å². The smallest absolute Gasteiger partial charge is 0.251 e. The second-order valence-corrected chi connectivity index (χ2v) is 5.52. The molecule has 2 aromatic carbocycles. The number of rotatable bonds is 3. The van der Waals surface area contributed by atoms with Crippen LogP contribution in [0.2, 0.25) is 0 Å². The van der Waals surface area contributed by atoms with Gasteiger partial charge in [0.05, 0.1) is 6.20 Å². The molecule has 5 heteroatoms. The Bertz CT molecular complexity index is 803. The van der Waals surface area contributed by atoms with Crippen LogP contribution in [0.15, 0.2) is 60.8 Å². The molecule has 1 aromatic heterocycles. The van der Waals surface area contributed by atoms with Gasteiger partial charge < -0.3 is 10.2 Å². The standard InChI is InChI=1S/C18H17N5/c1-2-9-15(10-3-1)20-17-13-19-22-18(21-17)23-12-6-8-14-7-4-5-11-16(14)23/h1-5,7,9-11,13H,6,8,12H2,(H,20,21,22). The van der Waals surface area contributed by atoms with Crippen molar-refractivity contribution in [3.8, 4) is 0 Å². The number of hydrogen-bond donors (Lipinski definition) is 1. The van der Waals surface area contributed by atoms with Crippen LogP contribution in [0.3, 0.4) is 0 Å². The molecule has 23 heavy (non-hydrogen) atoms. The molecule has 0 bridgehead atoms. The van der Waals surface area contributed by atoms with Crippen LogP contribution in [0.5, 0.6) is 0 Å². The van der Waals surface area contributed by atoms with Crippen LogP contribution in [0.1, 0.15) is 12.0 Å². The van der Waals surface area contributed by atoms with E-state index >= 15 is 0 Å². The maximum Gasteiger partial charge on any atom is 0.251 e. The van der Waals surface area contributed by atoms with E-state index in [1.165, 1.54) is 11.3 Å². The van der Waals surface area contributed by atoms with Crippen LogP contribution in [0.25, 0.3) is 0 Å². The normalized spacial score (nSPS) is 13.5. The van der Waals surface area contributed by atoms with E-state index in [1.807, 2.05) is 30.3 Å². The fourth-order valence-corrected chi connectivity index (χ4v) is 2.88. The second kappa shape index (κ2) is 6.04. The van der Waals surface area contributed by atoms with Gasteiger partial charge in [-0.3, -0.25) is 0 Å². The zero-order valence-electron chi connectivity index (χ0n) is 12.7. The molecule has 0 radical (unpaired) electrons. The van der Waals surface area contributed by atoms with E-state index in [9.17, 15) is 0 Å². The highest BCUT2D eigenvalue weighted by Crippen LogP contribution is 2.31. The highest BCUT2D eigenvalue weighted by Gasteiger charge is 2.20. The van der Waals surface area contributed by atoms with Gasteiger partial charge in [-0.1, -0.05) is 36.4 Å². The predicted octanol–water partition coefficient (Wildman–Crippen LogP) is 3.70. The van der Waals surface area contributed by atoms with Crippen molar-refractivity contribution in [3.05, 3.63) is 66.4 Å². The first-order valence-electron chi connectivity index (χ1n) is 7.77. The molecule has 2 heterocycles. The van der Waals surface area contributed by atoms with Gasteiger partial charge in [0.15, 0.2) is 5.82 Å². The Morgan fingerprint density at radius 3 is 2.70 bits per heavy atom. The van der Waals surface area contributed by atoms with Crippen molar-refractivity contribution < 1.29 is 0 Å². The first-order chi connectivity index (χ1) is 11.4. The molecule has 1 N–H and O–H groups in total. The first kappa shape index (κ1) is 13.7. The third kappa shape index (κ3) is 2.85. The van der Waals surface area contributed by atoms with Crippen LogP contribution >= 0.6 is 0 Å². The van der Waals surface area contributed by atoms with Crippen LogP contribution in [0, 0.1) is 0 Å². The van der Waals surface area contributed by atoms with E-state index in [4.69, 9.17) is 0 Å². The monoisotopic (exact) mass is 303 g/mol. The van der Waals surface area contributed by atoms with E-state index < -0.39 is 0 Å². The lowest BCUT2D eigenvalue weighted by Crippen LogP contribution is -2.26. The molecule has 0 saturated carbocycles. The lowest BCUT2D eigenvalue weighted by atomic mass is 10.0. The number of benzene rings is 2. The molecule has 0 atom stereocenters. The highest BCUT2D eigenvalue weighted by molar-refractivity contribution is 5.64. The van der Waals surface area contributed by atoms with Gasteiger partial charge in [0.2, 0.25) is 0 Å². The molecule has 0 aliphatic carbocycles. The molecule has 0 fully saturated rings. The lowest BCUT2D eigenvalue weighted by Gasteiger charge is -2.29. The summed E-state index contributed by atoms with van der Waals surface area (Å²) in [5, 5.41) is 11.6. The summed E-state index contributed by atoms with van der Waals surface area (Å²) in [7, 11) is 0. The van der Waals surface area contributed by atoms with Crippen LogP contribution in [-0.2, 0) is 6.42 Å². The zero-order valence-corrected chi connectivity index (χ0v) is 12.7. The topological polar surface area (TPSA) is 53.9 Å². The van der Waals surface area contributed by atoms with Gasteiger partial charge in [0.1, 0.15) is 0 Å². The molecule has 0 unspecified atom stereocenters. The molecule has 3 aromatic rings. The summed E-state index contributed by atoms with van der Waals surface area (Å²) in [4.78, 5) is 6.77. The van der Waals surface area contributed by atoms with Crippen LogP contribution in [-0.4, -0.2) is 21.7 Å². The number of nitrogens with zero attached hydrogens (tertiary/aromatic N) is 4. The predicted molar refractivity (Wildman–Crippen MR) is 91.3 cm³/mol. The summed E-state index contributed by atoms with van der Waals surface area (Å²) in [6, 6.07) is 18.4. The maximum absolute atomic E-state index is 4.63. The average Bonchev–Trinajstić information content (AvgIpc) is 2.62. The number of hydrogen-bond acceptors (Lipinski definition) is 5. The summed E-state index contributed by atoms with van der Waals surface area (Å²) >= 11 is 0. The van der Waals surface area contributed by atoms with E-state index in [0.717, 1.165) is 25.1 Å². The average molecular weight is 303 g/mol. The third-order valence-electron chi connectivity index (χ3n) is 3.95. The minimum absolute atomic E-state index is 0.637. The largest absolute Gasteiger partial charge is 0.339 e. The van der Waals surface area contributed by atoms with Gasteiger partial charge in [0, 0.05) is 17.9 Å². The Hall–Kier alpha value is -2.95. The number of nitrogens with one attached hydrogen (secondary N) is 1. The van der Waals surface area contributed by atoms with Crippen molar-refractivity contribution in [3.63, 3.8) is 0 Å².